The number of halogens is 1. The minimum atomic E-state index is 0.549. The summed E-state index contributed by atoms with van der Waals surface area (Å²) < 4.78 is 0. The molecule has 0 saturated carbocycles. The van der Waals surface area contributed by atoms with Crippen LogP contribution in [-0.4, -0.2) is 22.0 Å². The van der Waals surface area contributed by atoms with Gasteiger partial charge < -0.3 is 0 Å². The van der Waals surface area contributed by atoms with Crippen molar-refractivity contribution in [2.45, 2.75) is 44.3 Å². The second-order valence-corrected chi connectivity index (χ2v) is 6.96. The Hall–Kier alpha value is -1.64. The molecule has 3 heterocycles. The van der Waals surface area contributed by atoms with Crippen LogP contribution in [0, 0.1) is 0 Å². The van der Waals surface area contributed by atoms with Crippen molar-refractivity contribution in [3.8, 4) is 0 Å². The molecule has 2 aliphatic rings. The van der Waals surface area contributed by atoms with Crippen LogP contribution < -0.4 is 0 Å². The highest BCUT2D eigenvalue weighted by atomic mass is 35.5. The number of pyridine rings is 1. The standard InChI is InChI=1S/C20H21ClN2/c21-20-10-9-16(13-22-20)17-11-18-7-4-8-19(12-17)23(18)14-15-5-2-1-3-6-15/h1-3,5-6,9-11,13,18-19H,4,7-8,12,14H2. The Morgan fingerprint density at radius 1 is 1.09 bits per heavy atom. The topological polar surface area (TPSA) is 16.1 Å². The minimum absolute atomic E-state index is 0.549. The molecule has 0 amide bonds. The Morgan fingerprint density at radius 2 is 1.96 bits per heavy atom. The molecule has 0 spiro atoms. The van der Waals surface area contributed by atoms with Crippen molar-refractivity contribution in [2.24, 2.45) is 0 Å². The Balaban J connectivity index is 1.59. The van der Waals surface area contributed by atoms with Crippen molar-refractivity contribution in [3.63, 3.8) is 0 Å². The van der Waals surface area contributed by atoms with E-state index >= 15 is 0 Å². The first-order chi connectivity index (χ1) is 11.3. The van der Waals surface area contributed by atoms with E-state index in [1.807, 2.05) is 12.3 Å². The quantitative estimate of drug-likeness (QED) is 0.743. The molecule has 2 nitrogen and oxygen atoms in total. The molecular formula is C20H21ClN2. The van der Waals surface area contributed by atoms with Gasteiger partial charge in [-0.05, 0) is 42.0 Å². The smallest absolute Gasteiger partial charge is 0.129 e. The van der Waals surface area contributed by atoms with Crippen molar-refractivity contribution in [1.82, 2.24) is 9.88 Å². The van der Waals surface area contributed by atoms with E-state index in [1.54, 1.807) is 0 Å². The van der Waals surface area contributed by atoms with Crippen molar-refractivity contribution in [1.29, 1.82) is 0 Å². The van der Waals surface area contributed by atoms with Crippen LogP contribution in [0.15, 0.2) is 54.7 Å². The summed E-state index contributed by atoms with van der Waals surface area (Å²) in [5.74, 6) is 0. The van der Waals surface area contributed by atoms with E-state index in [-0.39, 0.29) is 0 Å². The van der Waals surface area contributed by atoms with Crippen LogP contribution in [0.3, 0.4) is 0 Å². The highest BCUT2D eigenvalue weighted by Crippen LogP contribution is 2.37. The molecule has 1 fully saturated rings. The number of fused-ring (bicyclic) bond motifs is 2. The van der Waals surface area contributed by atoms with Gasteiger partial charge in [-0.2, -0.15) is 0 Å². The van der Waals surface area contributed by atoms with Gasteiger partial charge in [-0.3, -0.25) is 4.90 Å². The SMILES string of the molecule is Clc1ccc(C2=CC3CCCC(C2)N3Cc2ccccc2)cn1. The predicted molar refractivity (Wildman–Crippen MR) is 95.3 cm³/mol. The lowest BCUT2D eigenvalue weighted by Crippen LogP contribution is -2.47. The maximum Gasteiger partial charge on any atom is 0.129 e. The third-order valence-corrected chi connectivity index (χ3v) is 5.31. The molecule has 0 N–H and O–H groups in total. The lowest BCUT2D eigenvalue weighted by atomic mass is 9.83. The van der Waals surface area contributed by atoms with Gasteiger partial charge in [0.25, 0.3) is 0 Å². The monoisotopic (exact) mass is 324 g/mol. The molecule has 2 bridgehead atoms. The van der Waals surface area contributed by atoms with E-state index < -0.39 is 0 Å². The Labute approximate surface area is 142 Å². The van der Waals surface area contributed by atoms with Crippen molar-refractivity contribution in [2.75, 3.05) is 0 Å². The molecular weight excluding hydrogens is 304 g/mol. The Kier molecular flexibility index (Phi) is 4.19. The highest BCUT2D eigenvalue weighted by Gasteiger charge is 2.34. The molecule has 1 saturated heterocycles. The molecule has 0 radical (unpaired) electrons. The number of hydrogen-bond acceptors (Lipinski definition) is 2. The zero-order chi connectivity index (χ0) is 15.6. The maximum atomic E-state index is 5.92. The van der Waals surface area contributed by atoms with Gasteiger partial charge in [0.1, 0.15) is 5.15 Å². The molecule has 23 heavy (non-hydrogen) atoms. The fraction of sp³-hybridized carbons (Fsp3) is 0.350. The fourth-order valence-corrected chi connectivity index (χ4v) is 4.05. The first-order valence-electron chi connectivity index (χ1n) is 8.42. The summed E-state index contributed by atoms with van der Waals surface area (Å²) in [6.07, 6.45) is 9.38. The van der Waals surface area contributed by atoms with Crippen LogP contribution >= 0.6 is 11.6 Å². The molecule has 4 rings (SSSR count). The van der Waals surface area contributed by atoms with Gasteiger partial charge in [0.15, 0.2) is 0 Å². The lowest BCUT2D eigenvalue weighted by molar-refractivity contribution is 0.0951. The van der Waals surface area contributed by atoms with Gasteiger partial charge in [-0.1, -0.05) is 60.5 Å². The molecule has 2 aliphatic heterocycles. The van der Waals surface area contributed by atoms with E-state index in [0.717, 1.165) is 13.0 Å². The number of piperidine rings is 1. The molecule has 1 aromatic heterocycles. The molecule has 2 aromatic rings. The zero-order valence-electron chi connectivity index (χ0n) is 13.2. The van der Waals surface area contributed by atoms with Crippen molar-refractivity contribution in [3.05, 3.63) is 71.0 Å². The van der Waals surface area contributed by atoms with Crippen LogP contribution in [0.5, 0.6) is 0 Å². The summed E-state index contributed by atoms with van der Waals surface area (Å²) >= 11 is 5.92. The van der Waals surface area contributed by atoms with E-state index in [9.17, 15) is 0 Å². The van der Waals surface area contributed by atoms with Gasteiger partial charge in [0.2, 0.25) is 0 Å². The summed E-state index contributed by atoms with van der Waals surface area (Å²) in [6.45, 7) is 1.05. The average molecular weight is 325 g/mol. The van der Waals surface area contributed by atoms with E-state index in [0.29, 0.717) is 17.2 Å². The normalized spacial score (nSPS) is 24.3. The first-order valence-corrected chi connectivity index (χ1v) is 8.80. The third kappa shape index (κ3) is 3.19. The van der Waals surface area contributed by atoms with Gasteiger partial charge in [-0.25, -0.2) is 4.98 Å². The summed E-state index contributed by atoms with van der Waals surface area (Å²) in [5.41, 5.74) is 4.08. The fourth-order valence-electron chi connectivity index (χ4n) is 3.94. The Bertz CT molecular complexity index is 693. The maximum absolute atomic E-state index is 5.92. The number of nitrogens with zero attached hydrogens (tertiary/aromatic N) is 2. The van der Waals surface area contributed by atoms with Gasteiger partial charge in [0, 0.05) is 24.8 Å². The summed E-state index contributed by atoms with van der Waals surface area (Å²) in [5, 5.41) is 0.566. The summed E-state index contributed by atoms with van der Waals surface area (Å²) in [7, 11) is 0. The predicted octanol–water partition coefficient (Wildman–Crippen LogP) is 4.95. The number of rotatable bonds is 3. The molecule has 1 aromatic carbocycles. The molecule has 2 atom stereocenters. The molecule has 3 heteroatoms. The van der Waals surface area contributed by atoms with Crippen LogP contribution in [-0.2, 0) is 6.54 Å². The summed E-state index contributed by atoms with van der Waals surface area (Å²) in [4.78, 5) is 6.93. The van der Waals surface area contributed by atoms with Crippen molar-refractivity contribution >= 4 is 17.2 Å². The van der Waals surface area contributed by atoms with Gasteiger partial charge in [0.05, 0.1) is 0 Å². The average Bonchev–Trinajstić information content (AvgIpc) is 2.56. The van der Waals surface area contributed by atoms with Crippen molar-refractivity contribution < 1.29 is 0 Å². The van der Waals surface area contributed by atoms with Crippen LogP contribution in [0.2, 0.25) is 5.15 Å². The Morgan fingerprint density at radius 3 is 2.70 bits per heavy atom. The van der Waals surface area contributed by atoms with Crippen LogP contribution in [0.1, 0.15) is 36.8 Å². The van der Waals surface area contributed by atoms with Crippen LogP contribution in [0.25, 0.3) is 5.57 Å². The minimum Gasteiger partial charge on any atom is -0.289 e. The second kappa shape index (κ2) is 6.46. The lowest BCUT2D eigenvalue weighted by Gasteiger charge is -2.45. The largest absolute Gasteiger partial charge is 0.289 e. The van der Waals surface area contributed by atoms with Crippen LogP contribution in [0.4, 0.5) is 0 Å². The van der Waals surface area contributed by atoms with Gasteiger partial charge >= 0.3 is 0 Å². The summed E-state index contributed by atoms with van der Waals surface area (Å²) in [6, 6.07) is 16.0. The van der Waals surface area contributed by atoms with Gasteiger partial charge in [-0.15, -0.1) is 0 Å². The highest BCUT2D eigenvalue weighted by molar-refractivity contribution is 6.29. The number of aromatic nitrogens is 1. The molecule has 118 valence electrons. The third-order valence-electron chi connectivity index (χ3n) is 5.09. The second-order valence-electron chi connectivity index (χ2n) is 6.58. The number of benzene rings is 1. The molecule has 2 unspecified atom stereocenters. The van der Waals surface area contributed by atoms with E-state index in [1.165, 1.54) is 36.0 Å². The molecule has 0 aliphatic carbocycles. The zero-order valence-corrected chi connectivity index (χ0v) is 13.9. The number of hydrogen-bond donors (Lipinski definition) is 0. The van der Waals surface area contributed by atoms with E-state index in [2.05, 4.69) is 52.4 Å². The first kappa shape index (κ1) is 14.9. The van der Waals surface area contributed by atoms with E-state index in [4.69, 9.17) is 11.6 Å².